The lowest BCUT2D eigenvalue weighted by atomic mass is 9.87. The van der Waals surface area contributed by atoms with Gasteiger partial charge in [0.2, 0.25) is 0 Å². The Morgan fingerprint density at radius 3 is 2.65 bits per heavy atom. The molecule has 4 nitrogen and oxygen atoms in total. The van der Waals surface area contributed by atoms with Gasteiger partial charge in [0, 0.05) is 23.1 Å². The molecule has 4 heteroatoms. The van der Waals surface area contributed by atoms with Crippen LogP contribution in [0.25, 0.3) is 5.76 Å². The molecule has 0 bridgehead atoms. The molecular weight excluding hydrogens is 292 g/mol. The predicted molar refractivity (Wildman–Crippen MR) is 86.6 cm³/mol. The molecule has 2 aliphatic carbocycles. The van der Waals surface area contributed by atoms with Gasteiger partial charge in [-0.1, -0.05) is 30.3 Å². The Labute approximate surface area is 134 Å². The average molecular weight is 310 g/mol. The monoisotopic (exact) mass is 310 g/mol. The van der Waals surface area contributed by atoms with E-state index in [4.69, 9.17) is 4.74 Å². The van der Waals surface area contributed by atoms with Gasteiger partial charge in [-0.05, 0) is 31.4 Å². The van der Waals surface area contributed by atoms with Crippen molar-refractivity contribution >= 4 is 17.5 Å². The molecule has 3 rings (SSSR count). The van der Waals surface area contributed by atoms with Crippen molar-refractivity contribution in [3.63, 3.8) is 0 Å². The van der Waals surface area contributed by atoms with Crippen LogP contribution in [0.1, 0.15) is 31.7 Å². The first-order valence-corrected chi connectivity index (χ1v) is 7.78. The fraction of sp³-hybridized carbons (Fsp3) is 0.263. The molecule has 1 aromatic rings. The van der Waals surface area contributed by atoms with E-state index in [9.17, 15) is 14.7 Å². The Balaban J connectivity index is 2.14. The maximum atomic E-state index is 12.3. The van der Waals surface area contributed by atoms with Crippen molar-refractivity contribution in [3.8, 4) is 0 Å². The van der Waals surface area contributed by atoms with E-state index in [2.05, 4.69) is 0 Å². The van der Waals surface area contributed by atoms with E-state index in [0.717, 1.165) is 12.0 Å². The van der Waals surface area contributed by atoms with Crippen LogP contribution in [-0.4, -0.2) is 23.5 Å². The molecule has 1 N–H and O–H groups in total. The van der Waals surface area contributed by atoms with Crippen LogP contribution in [0.4, 0.5) is 0 Å². The molecule has 0 fully saturated rings. The first kappa shape index (κ1) is 15.3. The number of aliphatic hydroxyl groups is 1. The van der Waals surface area contributed by atoms with Crippen molar-refractivity contribution in [3.05, 3.63) is 64.3 Å². The maximum Gasteiger partial charge on any atom is 0.338 e. The summed E-state index contributed by atoms with van der Waals surface area (Å²) in [6.45, 7) is 1.97. The molecule has 0 amide bonds. The predicted octanol–water partition coefficient (Wildman–Crippen LogP) is 3.51. The topological polar surface area (TPSA) is 63.6 Å². The van der Waals surface area contributed by atoms with E-state index in [1.807, 2.05) is 18.2 Å². The van der Waals surface area contributed by atoms with E-state index < -0.39 is 5.97 Å². The molecule has 0 aromatic heterocycles. The van der Waals surface area contributed by atoms with Gasteiger partial charge in [0.1, 0.15) is 5.76 Å². The molecule has 0 radical (unpaired) electrons. The van der Waals surface area contributed by atoms with Crippen LogP contribution in [0.5, 0.6) is 0 Å². The lowest BCUT2D eigenvalue weighted by Gasteiger charge is -2.16. The molecule has 23 heavy (non-hydrogen) atoms. The van der Waals surface area contributed by atoms with Crippen molar-refractivity contribution in [2.75, 3.05) is 6.61 Å². The van der Waals surface area contributed by atoms with Gasteiger partial charge in [0.25, 0.3) is 0 Å². The summed E-state index contributed by atoms with van der Waals surface area (Å²) < 4.78 is 5.06. The summed E-state index contributed by atoms with van der Waals surface area (Å²) in [6.07, 6.45) is 3.42. The summed E-state index contributed by atoms with van der Waals surface area (Å²) >= 11 is 0. The Bertz CT molecular complexity index is 751. The highest BCUT2D eigenvalue weighted by Crippen LogP contribution is 2.41. The van der Waals surface area contributed by atoms with Gasteiger partial charge >= 0.3 is 5.97 Å². The zero-order valence-electron chi connectivity index (χ0n) is 13.0. The summed E-state index contributed by atoms with van der Waals surface area (Å²) in [4.78, 5) is 24.5. The second-order valence-corrected chi connectivity index (χ2v) is 5.54. The number of carbonyl (C=O) groups is 2. The fourth-order valence-electron chi connectivity index (χ4n) is 3.06. The molecule has 0 spiro atoms. The quantitative estimate of drug-likeness (QED) is 0.685. The van der Waals surface area contributed by atoms with Gasteiger partial charge in [-0.2, -0.15) is 0 Å². The number of benzene rings is 1. The molecule has 0 atom stereocenters. The smallest absolute Gasteiger partial charge is 0.338 e. The van der Waals surface area contributed by atoms with Crippen molar-refractivity contribution in [1.29, 1.82) is 0 Å². The minimum Gasteiger partial charge on any atom is -0.507 e. The largest absolute Gasteiger partial charge is 0.507 e. The third-order valence-electron chi connectivity index (χ3n) is 4.09. The van der Waals surface area contributed by atoms with Crippen molar-refractivity contribution in [2.45, 2.75) is 26.2 Å². The highest BCUT2D eigenvalue weighted by molar-refractivity contribution is 6.14. The Hall–Kier alpha value is -2.62. The summed E-state index contributed by atoms with van der Waals surface area (Å²) in [7, 11) is 0. The number of allylic oxidation sites excluding steroid dienone is 3. The van der Waals surface area contributed by atoms with E-state index >= 15 is 0 Å². The Kier molecular flexibility index (Phi) is 4.15. The van der Waals surface area contributed by atoms with E-state index in [1.54, 1.807) is 25.1 Å². The number of ketones is 1. The summed E-state index contributed by atoms with van der Waals surface area (Å²) in [5, 5.41) is 10.6. The van der Waals surface area contributed by atoms with Crippen molar-refractivity contribution in [2.24, 2.45) is 0 Å². The third kappa shape index (κ3) is 2.72. The van der Waals surface area contributed by atoms with Crippen LogP contribution in [0, 0.1) is 0 Å². The van der Waals surface area contributed by atoms with E-state index in [1.165, 1.54) is 0 Å². The molecule has 2 aliphatic rings. The van der Waals surface area contributed by atoms with Crippen LogP contribution >= 0.6 is 0 Å². The second-order valence-electron chi connectivity index (χ2n) is 5.54. The number of rotatable bonds is 3. The highest BCUT2D eigenvalue weighted by Gasteiger charge is 2.35. The zero-order valence-corrected chi connectivity index (χ0v) is 13.0. The summed E-state index contributed by atoms with van der Waals surface area (Å²) in [6, 6.07) is 9.12. The lowest BCUT2D eigenvalue weighted by molar-refractivity contribution is -0.138. The third-order valence-corrected chi connectivity index (χ3v) is 4.09. The summed E-state index contributed by atoms with van der Waals surface area (Å²) in [5.74, 6) is -0.473. The molecule has 0 saturated heterocycles. The summed E-state index contributed by atoms with van der Waals surface area (Å²) in [5.41, 5.74) is 2.66. The number of ether oxygens (including phenoxy) is 1. The maximum absolute atomic E-state index is 12.3. The number of Topliss-reactive ketones (excluding diaryl/α,β-unsaturated/α-hetero) is 1. The van der Waals surface area contributed by atoms with Crippen LogP contribution in [0.3, 0.4) is 0 Å². The molecule has 1 aromatic carbocycles. The van der Waals surface area contributed by atoms with Crippen molar-refractivity contribution < 1.29 is 19.4 Å². The number of carbonyl (C=O) groups excluding carboxylic acids is 2. The lowest BCUT2D eigenvalue weighted by Crippen LogP contribution is -2.16. The standard InChI is InChI=1S/C19H18O4/c1-2-23-19(22)15-11-14(13-9-6-10-16(20)17(13)15)18(21)12-7-4-3-5-8-12/h3-5,7-8,11,21H,2,6,9-10H2,1H3/b18-14+. The van der Waals surface area contributed by atoms with Gasteiger partial charge in [0.15, 0.2) is 5.78 Å². The Morgan fingerprint density at radius 2 is 1.96 bits per heavy atom. The van der Waals surface area contributed by atoms with Crippen LogP contribution in [0.15, 0.2) is 58.7 Å². The fourth-order valence-corrected chi connectivity index (χ4v) is 3.06. The minimum absolute atomic E-state index is 0.0542. The number of hydrogen-bond donors (Lipinski definition) is 1. The number of esters is 1. The SMILES string of the molecule is CCOC(=O)C1=C/C(=C(\O)c2ccccc2)C2=C1C(=O)CCC2. The van der Waals surface area contributed by atoms with Crippen molar-refractivity contribution in [1.82, 2.24) is 0 Å². The first-order valence-electron chi connectivity index (χ1n) is 7.78. The van der Waals surface area contributed by atoms with Crippen LogP contribution < -0.4 is 0 Å². The van der Waals surface area contributed by atoms with Gasteiger partial charge in [-0.3, -0.25) is 4.79 Å². The van der Waals surface area contributed by atoms with E-state index in [-0.39, 0.29) is 23.7 Å². The Morgan fingerprint density at radius 1 is 1.22 bits per heavy atom. The zero-order chi connectivity index (χ0) is 16.4. The molecular formula is C19H18O4. The number of hydrogen-bond acceptors (Lipinski definition) is 4. The molecule has 118 valence electrons. The second kappa shape index (κ2) is 6.24. The van der Waals surface area contributed by atoms with Gasteiger partial charge in [0.05, 0.1) is 12.2 Å². The van der Waals surface area contributed by atoms with Gasteiger partial charge in [-0.25, -0.2) is 4.79 Å². The average Bonchev–Trinajstić information content (AvgIpc) is 2.96. The van der Waals surface area contributed by atoms with Gasteiger partial charge < -0.3 is 9.84 Å². The molecule has 0 heterocycles. The highest BCUT2D eigenvalue weighted by atomic mass is 16.5. The molecule has 0 saturated carbocycles. The van der Waals surface area contributed by atoms with Crippen LogP contribution in [0.2, 0.25) is 0 Å². The first-order chi connectivity index (χ1) is 11.1. The van der Waals surface area contributed by atoms with Gasteiger partial charge in [-0.15, -0.1) is 0 Å². The minimum atomic E-state index is -0.508. The molecule has 0 unspecified atom stereocenters. The normalized spacial score (nSPS) is 19.3. The van der Waals surface area contributed by atoms with E-state index in [0.29, 0.717) is 29.6 Å². The number of aliphatic hydroxyl groups excluding tert-OH is 1. The molecule has 0 aliphatic heterocycles. The van der Waals surface area contributed by atoms with Crippen LogP contribution in [-0.2, 0) is 14.3 Å².